The summed E-state index contributed by atoms with van der Waals surface area (Å²) in [6, 6.07) is 22.6. The van der Waals surface area contributed by atoms with Crippen molar-refractivity contribution in [2.45, 2.75) is 6.92 Å². The maximum atomic E-state index is 13.1. The summed E-state index contributed by atoms with van der Waals surface area (Å²) in [4.78, 5) is 13.1. The molecule has 3 rings (SSSR count). The number of rotatable bonds is 5. The fourth-order valence-electron chi connectivity index (χ4n) is 2.68. The Balaban J connectivity index is 1.97. The molecule has 3 nitrogen and oxygen atoms in total. The minimum absolute atomic E-state index is 0.192. The Morgan fingerprint density at radius 3 is 2.37 bits per heavy atom. The van der Waals surface area contributed by atoms with E-state index in [0.717, 1.165) is 22.4 Å². The van der Waals surface area contributed by atoms with Crippen molar-refractivity contribution in [3.05, 3.63) is 94.5 Å². The Morgan fingerprint density at radius 1 is 1.00 bits per heavy atom. The summed E-state index contributed by atoms with van der Waals surface area (Å²) in [7, 11) is 1.63. The SMILES string of the molecule is COc1ccc(C=C(C(=O)Nc2cc(Cl)ccc2C)c2ccccc2)cc1. The molecule has 0 fully saturated rings. The first-order valence-corrected chi connectivity index (χ1v) is 8.93. The highest BCUT2D eigenvalue weighted by Crippen LogP contribution is 2.25. The summed E-state index contributed by atoms with van der Waals surface area (Å²) in [6.07, 6.45) is 1.87. The van der Waals surface area contributed by atoms with Crippen molar-refractivity contribution in [3.8, 4) is 5.75 Å². The highest BCUT2D eigenvalue weighted by atomic mass is 35.5. The zero-order chi connectivity index (χ0) is 19.2. The van der Waals surface area contributed by atoms with Gasteiger partial charge in [0.05, 0.1) is 7.11 Å². The second kappa shape index (κ2) is 8.56. The zero-order valence-corrected chi connectivity index (χ0v) is 16.0. The van der Waals surface area contributed by atoms with Gasteiger partial charge in [0.15, 0.2) is 0 Å². The van der Waals surface area contributed by atoms with Crippen LogP contribution in [0, 0.1) is 6.92 Å². The number of nitrogens with one attached hydrogen (secondary N) is 1. The lowest BCUT2D eigenvalue weighted by molar-refractivity contribution is -0.111. The van der Waals surface area contributed by atoms with Crippen LogP contribution in [0.2, 0.25) is 5.02 Å². The van der Waals surface area contributed by atoms with Gasteiger partial charge in [-0.15, -0.1) is 0 Å². The maximum absolute atomic E-state index is 13.1. The first-order valence-electron chi connectivity index (χ1n) is 8.55. The minimum Gasteiger partial charge on any atom is -0.497 e. The van der Waals surface area contributed by atoms with Crippen molar-refractivity contribution < 1.29 is 9.53 Å². The van der Waals surface area contributed by atoms with Crippen molar-refractivity contribution in [2.24, 2.45) is 0 Å². The van der Waals surface area contributed by atoms with Crippen LogP contribution in [0.5, 0.6) is 5.75 Å². The fraction of sp³-hybridized carbons (Fsp3) is 0.0870. The van der Waals surface area contributed by atoms with E-state index in [9.17, 15) is 4.79 Å². The molecule has 3 aromatic rings. The molecule has 0 aliphatic carbocycles. The van der Waals surface area contributed by atoms with Crippen LogP contribution in [0.25, 0.3) is 11.6 Å². The molecular formula is C23H20ClNO2. The molecule has 1 N–H and O–H groups in total. The number of hydrogen-bond donors (Lipinski definition) is 1. The normalized spacial score (nSPS) is 11.1. The van der Waals surface area contributed by atoms with Crippen LogP contribution >= 0.6 is 11.6 Å². The molecule has 0 saturated carbocycles. The van der Waals surface area contributed by atoms with Crippen molar-refractivity contribution in [3.63, 3.8) is 0 Å². The number of amides is 1. The highest BCUT2D eigenvalue weighted by molar-refractivity contribution is 6.32. The molecule has 0 radical (unpaired) electrons. The van der Waals surface area contributed by atoms with Gasteiger partial charge in [-0.25, -0.2) is 0 Å². The summed E-state index contributed by atoms with van der Waals surface area (Å²) in [5.74, 6) is 0.579. The van der Waals surface area contributed by atoms with Crippen LogP contribution < -0.4 is 10.1 Å². The molecule has 0 heterocycles. The number of benzene rings is 3. The zero-order valence-electron chi connectivity index (χ0n) is 15.2. The number of ether oxygens (including phenoxy) is 1. The fourth-order valence-corrected chi connectivity index (χ4v) is 2.86. The van der Waals surface area contributed by atoms with Gasteiger partial charge in [0.25, 0.3) is 5.91 Å². The van der Waals surface area contributed by atoms with Crippen LogP contribution in [-0.4, -0.2) is 13.0 Å². The van der Waals surface area contributed by atoms with Crippen molar-refractivity contribution in [2.75, 3.05) is 12.4 Å². The van der Waals surface area contributed by atoms with Gasteiger partial charge in [-0.3, -0.25) is 4.79 Å². The number of methoxy groups -OCH3 is 1. The van der Waals surface area contributed by atoms with E-state index in [4.69, 9.17) is 16.3 Å². The molecule has 1 amide bonds. The first kappa shape index (κ1) is 18.7. The summed E-state index contributed by atoms with van der Waals surface area (Å²) in [6.45, 7) is 1.93. The minimum atomic E-state index is -0.192. The van der Waals surface area contributed by atoms with Gasteiger partial charge in [-0.1, -0.05) is 60.1 Å². The van der Waals surface area contributed by atoms with Gasteiger partial charge < -0.3 is 10.1 Å². The standard InChI is InChI=1S/C23H20ClNO2/c1-16-8-11-19(24)15-22(16)25-23(26)21(18-6-4-3-5-7-18)14-17-9-12-20(27-2)13-10-17/h3-15H,1-2H3,(H,25,26). The second-order valence-electron chi connectivity index (χ2n) is 6.11. The van der Waals surface area contributed by atoms with E-state index in [1.165, 1.54) is 0 Å². The molecule has 0 spiro atoms. The van der Waals surface area contributed by atoms with Gasteiger partial charge in [-0.2, -0.15) is 0 Å². The van der Waals surface area contributed by atoms with Crippen LogP contribution in [0.3, 0.4) is 0 Å². The van der Waals surface area contributed by atoms with E-state index in [1.54, 1.807) is 19.2 Å². The number of anilines is 1. The summed E-state index contributed by atoms with van der Waals surface area (Å²) < 4.78 is 5.20. The molecule has 136 valence electrons. The van der Waals surface area contributed by atoms with Gasteiger partial charge >= 0.3 is 0 Å². The average molecular weight is 378 g/mol. The molecule has 4 heteroatoms. The van der Waals surface area contributed by atoms with E-state index in [-0.39, 0.29) is 5.91 Å². The molecule has 0 aliphatic rings. The molecule has 0 bridgehead atoms. The van der Waals surface area contributed by atoms with E-state index >= 15 is 0 Å². The molecule has 0 saturated heterocycles. The third-order valence-corrected chi connectivity index (χ3v) is 4.44. The lowest BCUT2D eigenvalue weighted by atomic mass is 10.0. The van der Waals surface area contributed by atoms with Crippen LogP contribution in [-0.2, 0) is 4.79 Å². The summed E-state index contributed by atoms with van der Waals surface area (Å²) in [5, 5.41) is 3.56. The first-order chi connectivity index (χ1) is 13.1. The predicted octanol–water partition coefficient (Wildman–Crippen LogP) is 5.84. The number of hydrogen-bond acceptors (Lipinski definition) is 2. The Kier molecular flexibility index (Phi) is 5.94. The number of aryl methyl sites for hydroxylation is 1. The smallest absolute Gasteiger partial charge is 0.256 e. The quantitative estimate of drug-likeness (QED) is 0.448. The van der Waals surface area contributed by atoms with Gasteiger partial charge in [0.2, 0.25) is 0 Å². The largest absolute Gasteiger partial charge is 0.497 e. The topological polar surface area (TPSA) is 38.3 Å². The van der Waals surface area contributed by atoms with Gasteiger partial charge in [0.1, 0.15) is 5.75 Å². The molecular weight excluding hydrogens is 358 g/mol. The van der Waals surface area contributed by atoms with E-state index < -0.39 is 0 Å². The van der Waals surface area contributed by atoms with Crippen LogP contribution in [0.4, 0.5) is 5.69 Å². The molecule has 0 aliphatic heterocycles. The average Bonchev–Trinajstić information content (AvgIpc) is 2.70. The highest BCUT2D eigenvalue weighted by Gasteiger charge is 2.14. The Labute approximate surface area is 164 Å². The predicted molar refractivity (Wildman–Crippen MR) is 112 cm³/mol. The Hall–Kier alpha value is -3.04. The monoisotopic (exact) mass is 377 g/mol. The van der Waals surface area contributed by atoms with Gasteiger partial charge in [-0.05, 0) is 54.0 Å². The van der Waals surface area contributed by atoms with E-state index in [1.807, 2.05) is 73.7 Å². The van der Waals surface area contributed by atoms with E-state index in [2.05, 4.69) is 5.32 Å². The summed E-state index contributed by atoms with van der Waals surface area (Å²) in [5.41, 5.74) is 3.96. The lowest BCUT2D eigenvalue weighted by Gasteiger charge is -2.12. The third-order valence-electron chi connectivity index (χ3n) is 4.20. The van der Waals surface area contributed by atoms with Crippen molar-refractivity contribution >= 4 is 34.8 Å². The number of carbonyl (C=O) groups excluding carboxylic acids is 1. The van der Waals surface area contributed by atoms with Crippen molar-refractivity contribution in [1.82, 2.24) is 0 Å². The molecule has 0 unspecified atom stereocenters. The summed E-state index contributed by atoms with van der Waals surface area (Å²) >= 11 is 6.08. The van der Waals surface area contributed by atoms with Crippen LogP contribution in [0.15, 0.2) is 72.8 Å². The maximum Gasteiger partial charge on any atom is 0.256 e. The number of carbonyl (C=O) groups is 1. The second-order valence-corrected chi connectivity index (χ2v) is 6.55. The van der Waals surface area contributed by atoms with E-state index in [0.29, 0.717) is 16.3 Å². The van der Waals surface area contributed by atoms with Crippen molar-refractivity contribution in [1.29, 1.82) is 0 Å². The van der Waals surface area contributed by atoms with Gasteiger partial charge in [0, 0.05) is 16.3 Å². The van der Waals surface area contributed by atoms with Crippen LogP contribution in [0.1, 0.15) is 16.7 Å². The molecule has 0 atom stereocenters. The molecule has 3 aromatic carbocycles. The Morgan fingerprint density at radius 2 is 1.70 bits per heavy atom. The molecule has 0 aromatic heterocycles. The third kappa shape index (κ3) is 4.78. The lowest BCUT2D eigenvalue weighted by Crippen LogP contribution is -2.14. The Bertz CT molecular complexity index is 963. The number of halogens is 1. The molecule has 27 heavy (non-hydrogen) atoms.